The smallest absolute Gasteiger partial charge is 0.323 e. The third-order valence-corrected chi connectivity index (χ3v) is 3.09. The Kier molecular flexibility index (Phi) is 5.27. The molecule has 1 aromatic carbocycles. The van der Waals surface area contributed by atoms with Crippen LogP contribution >= 0.6 is 0 Å². The highest BCUT2D eigenvalue weighted by atomic mass is 16.4. The van der Waals surface area contributed by atoms with E-state index in [-0.39, 0.29) is 12.5 Å². The predicted octanol–water partition coefficient (Wildman–Crippen LogP) is 2.20. The molecule has 0 unspecified atom stereocenters. The molecule has 0 heterocycles. The minimum Gasteiger partial charge on any atom is -0.480 e. The van der Waals surface area contributed by atoms with Gasteiger partial charge in [-0.1, -0.05) is 26.0 Å². The molecule has 0 spiro atoms. The summed E-state index contributed by atoms with van der Waals surface area (Å²) in [6.45, 7) is 7.18. The maximum Gasteiger partial charge on any atom is 0.323 e. The molecule has 0 radical (unpaired) electrons. The highest BCUT2D eigenvalue weighted by molar-refractivity contribution is 5.92. The molecule has 110 valence electrons. The molecule has 5 heteroatoms. The summed E-state index contributed by atoms with van der Waals surface area (Å²) >= 11 is 0. The largest absolute Gasteiger partial charge is 0.480 e. The number of carboxylic acid groups (broad SMARTS) is 1. The Morgan fingerprint density at radius 1 is 1.20 bits per heavy atom. The van der Waals surface area contributed by atoms with E-state index >= 15 is 0 Å². The summed E-state index contributed by atoms with van der Waals surface area (Å²) in [6, 6.07) is 7.62. The minimum absolute atomic E-state index is 0.0504. The van der Waals surface area contributed by atoms with E-state index in [1.54, 1.807) is 0 Å². The first-order valence-electron chi connectivity index (χ1n) is 6.60. The molecule has 0 saturated carbocycles. The van der Waals surface area contributed by atoms with Gasteiger partial charge in [0, 0.05) is 5.69 Å². The minimum atomic E-state index is -1.13. The first kappa shape index (κ1) is 16.2. The highest BCUT2D eigenvalue weighted by Gasteiger charge is 2.26. The summed E-state index contributed by atoms with van der Waals surface area (Å²) in [5.41, 5.74) is 0.779. The SMILES string of the molecule is CC(C)c1ccc(NC(=O)CNC(C)(C)C(=O)O)cc1. The molecule has 0 fully saturated rings. The van der Waals surface area contributed by atoms with Gasteiger partial charge in [-0.05, 0) is 37.5 Å². The van der Waals surface area contributed by atoms with Crippen LogP contribution in [0.3, 0.4) is 0 Å². The molecule has 1 rings (SSSR count). The third-order valence-electron chi connectivity index (χ3n) is 3.09. The van der Waals surface area contributed by atoms with Crippen molar-refractivity contribution >= 4 is 17.6 Å². The molecule has 0 bridgehead atoms. The Morgan fingerprint density at radius 3 is 2.20 bits per heavy atom. The van der Waals surface area contributed by atoms with Gasteiger partial charge in [-0.25, -0.2) is 0 Å². The standard InChI is InChI=1S/C15H22N2O3/c1-10(2)11-5-7-12(8-6-11)17-13(18)9-16-15(3,4)14(19)20/h5-8,10,16H,9H2,1-4H3,(H,17,18)(H,19,20). The van der Waals surface area contributed by atoms with E-state index in [4.69, 9.17) is 5.11 Å². The van der Waals surface area contributed by atoms with Crippen LogP contribution < -0.4 is 10.6 Å². The molecular weight excluding hydrogens is 256 g/mol. The Labute approximate surface area is 119 Å². The number of carbonyl (C=O) groups excluding carboxylic acids is 1. The second kappa shape index (κ2) is 6.52. The molecule has 1 amide bonds. The second-order valence-electron chi connectivity index (χ2n) is 5.61. The first-order valence-corrected chi connectivity index (χ1v) is 6.60. The van der Waals surface area contributed by atoms with Crippen LogP contribution in [0.25, 0.3) is 0 Å². The van der Waals surface area contributed by atoms with Crippen molar-refractivity contribution in [3.63, 3.8) is 0 Å². The molecular formula is C15H22N2O3. The zero-order chi connectivity index (χ0) is 15.3. The van der Waals surface area contributed by atoms with Gasteiger partial charge in [0.05, 0.1) is 6.54 Å². The van der Waals surface area contributed by atoms with Gasteiger partial charge < -0.3 is 10.4 Å². The highest BCUT2D eigenvalue weighted by Crippen LogP contribution is 2.17. The number of hydrogen-bond acceptors (Lipinski definition) is 3. The maximum atomic E-state index is 11.7. The van der Waals surface area contributed by atoms with E-state index < -0.39 is 11.5 Å². The van der Waals surface area contributed by atoms with Crippen LogP contribution in [0.1, 0.15) is 39.2 Å². The number of rotatable bonds is 6. The average Bonchev–Trinajstić information content (AvgIpc) is 2.37. The van der Waals surface area contributed by atoms with Gasteiger partial charge in [-0.2, -0.15) is 0 Å². The van der Waals surface area contributed by atoms with E-state index in [0.29, 0.717) is 11.6 Å². The summed E-state index contributed by atoms with van der Waals surface area (Å²) in [5, 5.41) is 14.4. The monoisotopic (exact) mass is 278 g/mol. The topological polar surface area (TPSA) is 78.4 Å². The fourth-order valence-corrected chi connectivity index (χ4v) is 1.53. The van der Waals surface area contributed by atoms with Crippen LogP contribution in [0, 0.1) is 0 Å². The number of benzene rings is 1. The first-order chi connectivity index (χ1) is 9.22. The van der Waals surface area contributed by atoms with Crippen LogP contribution in [0.2, 0.25) is 0 Å². The number of amides is 1. The number of carbonyl (C=O) groups is 2. The van der Waals surface area contributed by atoms with Crippen molar-refractivity contribution in [3.8, 4) is 0 Å². The second-order valence-corrected chi connectivity index (χ2v) is 5.61. The van der Waals surface area contributed by atoms with Gasteiger partial charge in [0.15, 0.2) is 0 Å². The van der Waals surface area contributed by atoms with E-state index in [0.717, 1.165) is 0 Å². The van der Waals surface area contributed by atoms with Crippen molar-refractivity contribution in [2.24, 2.45) is 0 Å². The lowest BCUT2D eigenvalue weighted by Crippen LogP contribution is -2.49. The number of nitrogens with one attached hydrogen (secondary N) is 2. The van der Waals surface area contributed by atoms with Gasteiger partial charge in [0.2, 0.25) is 5.91 Å². The summed E-state index contributed by atoms with van der Waals surface area (Å²) in [4.78, 5) is 22.6. The Morgan fingerprint density at radius 2 is 1.75 bits per heavy atom. The van der Waals surface area contributed by atoms with Crippen molar-refractivity contribution < 1.29 is 14.7 Å². The summed E-state index contributed by atoms with van der Waals surface area (Å²) < 4.78 is 0. The molecule has 20 heavy (non-hydrogen) atoms. The number of hydrogen-bond donors (Lipinski definition) is 3. The van der Waals surface area contributed by atoms with Crippen LogP contribution in [0.15, 0.2) is 24.3 Å². The van der Waals surface area contributed by atoms with Crippen LogP contribution in [-0.4, -0.2) is 29.1 Å². The van der Waals surface area contributed by atoms with E-state index in [2.05, 4.69) is 24.5 Å². The fraction of sp³-hybridized carbons (Fsp3) is 0.467. The molecule has 0 atom stereocenters. The molecule has 3 N–H and O–H groups in total. The Bertz CT molecular complexity index is 478. The zero-order valence-corrected chi connectivity index (χ0v) is 12.4. The third kappa shape index (κ3) is 4.66. The van der Waals surface area contributed by atoms with Crippen LogP contribution in [0.4, 0.5) is 5.69 Å². The molecule has 0 aromatic heterocycles. The lowest BCUT2D eigenvalue weighted by atomic mass is 10.0. The Balaban J connectivity index is 2.52. The predicted molar refractivity (Wildman–Crippen MR) is 78.9 cm³/mol. The molecule has 1 aromatic rings. The summed E-state index contributed by atoms with van der Waals surface area (Å²) in [5.74, 6) is -0.819. The van der Waals surface area contributed by atoms with Crippen LogP contribution in [-0.2, 0) is 9.59 Å². The maximum absolute atomic E-state index is 11.7. The van der Waals surface area contributed by atoms with Crippen molar-refractivity contribution in [2.45, 2.75) is 39.2 Å². The summed E-state index contributed by atoms with van der Waals surface area (Å²) in [6.07, 6.45) is 0. The van der Waals surface area contributed by atoms with Gasteiger partial charge in [0.25, 0.3) is 0 Å². The quantitative estimate of drug-likeness (QED) is 0.745. The van der Waals surface area contributed by atoms with Crippen LogP contribution in [0.5, 0.6) is 0 Å². The van der Waals surface area contributed by atoms with Crippen molar-refractivity contribution in [3.05, 3.63) is 29.8 Å². The van der Waals surface area contributed by atoms with E-state index in [1.165, 1.54) is 19.4 Å². The number of aliphatic carboxylic acids is 1. The van der Waals surface area contributed by atoms with Gasteiger partial charge >= 0.3 is 5.97 Å². The molecule has 0 saturated heterocycles. The lowest BCUT2D eigenvalue weighted by Gasteiger charge is -2.20. The van der Waals surface area contributed by atoms with E-state index in [1.807, 2.05) is 24.3 Å². The molecule has 0 aliphatic heterocycles. The molecule has 0 aliphatic rings. The van der Waals surface area contributed by atoms with Crippen molar-refractivity contribution in [1.29, 1.82) is 0 Å². The molecule has 5 nitrogen and oxygen atoms in total. The van der Waals surface area contributed by atoms with Crippen molar-refractivity contribution in [1.82, 2.24) is 5.32 Å². The normalized spacial score (nSPS) is 11.4. The number of carboxylic acids is 1. The van der Waals surface area contributed by atoms with Gasteiger partial charge in [0.1, 0.15) is 5.54 Å². The van der Waals surface area contributed by atoms with Gasteiger partial charge in [-0.3, -0.25) is 14.9 Å². The summed E-state index contributed by atoms with van der Waals surface area (Å²) in [7, 11) is 0. The average molecular weight is 278 g/mol. The van der Waals surface area contributed by atoms with Crippen molar-refractivity contribution in [2.75, 3.05) is 11.9 Å². The van der Waals surface area contributed by atoms with E-state index in [9.17, 15) is 9.59 Å². The Hall–Kier alpha value is -1.88. The van der Waals surface area contributed by atoms with Gasteiger partial charge in [-0.15, -0.1) is 0 Å². The number of anilines is 1. The lowest BCUT2D eigenvalue weighted by molar-refractivity contribution is -0.143. The molecule has 0 aliphatic carbocycles. The fourth-order valence-electron chi connectivity index (χ4n) is 1.53. The zero-order valence-electron chi connectivity index (χ0n) is 12.4.